The smallest absolute Gasteiger partial charge is 0.247 e. The summed E-state index contributed by atoms with van der Waals surface area (Å²) in [5.41, 5.74) is 0.863. The number of hydrogen-bond acceptors (Lipinski definition) is 5. The first-order valence-electron chi connectivity index (χ1n) is 7.97. The third-order valence-corrected chi connectivity index (χ3v) is 4.20. The van der Waals surface area contributed by atoms with E-state index in [0.29, 0.717) is 24.7 Å². The number of likely N-dealkylation sites (tertiary alicyclic amines) is 1. The van der Waals surface area contributed by atoms with Crippen molar-refractivity contribution in [2.75, 3.05) is 20.2 Å². The zero-order valence-electron chi connectivity index (χ0n) is 13.5. The number of amides is 1. The molecule has 2 heterocycles. The van der Waals surface area contributed by atoms with Gasteiger partial charge in [-0.1, -0.05) is 6.92 Å². The average molecular weight is 315 g/mol. The maximum Gasteiger partial charge on any atom is 0.247 e. The van der Waals surface area contributed by atoms with Crippen LogP contribution in [-0.4, -0.2) is 41.2 Å². The van der Waals surface area contributed by atoms with Crippen molar-refractivity contribution in [2.45, 2.75) is 32.1 Å². The first kappa shape index (κ1) is 15.5. The monoisotopic (exact) mass is 315 g/mol. The summed E-state index contributed by atoms with van der Waals surface area (Å²) in [6.07, 6.45) is 2.47. The van der Waals surface area contributed by atoms with Gasteiger partial charge in [-0.25, -0.2) is 0 Å². The number of rotatable bonds is 4. The Morgan fingerprint density at radius 2 is 2.13 bits per heavy atom. The second-order valence-electron chi connectivity index (χ2n) is 5.71. The number of piperidine rings is 1. The molecule has 122 valence electrons. The van der Waals surface area contributed by atoms with E-state index in [1.54, 1.807) is 7.11 Å². The van der Waals surface area contributed by atoms with Crippen LogP contribution < -0.4 is 4.74 Å². The predicted molar refractivity (Wildman–Crippen MR) is 85.1 cm³/mol. The quantitative estimate of drug-likeness (QED) is 0.868. The van der Waals surface area contributed by atoms with E-state index in [1.165, 1.54) is 0 Å². The van der Waals surface area contributed by atoms with Gasteiger partial charge in [0.15, 0.2) is 0 Å². The molecule has 6 nitrogen and oxygen atoms in total. The molecular weight excluding hydrogens is 294 g/mol. The van der Waals surface area contributed by atoms with Crippen molar-refractivity contribution in [3.05, 3.63) is 30.2 Å². The van der Waals surface area contributed by atoms with Crippen molar-refractivity contribution in [3.63, 3.8) is 0 Å². The second kappa shape index (κ2) is 6.81. The zero-order valence-corrected chi connectivity index (χ0v) is 13.5. The second-order valence-corrected chi connectivity index (χ2v) is 5.71. The first-order valence-corrected chi connectivity index (χ1v) is 7.97. The van der Waals surface area contributed by atoms with E-state index in [2.05, 4.69) is 10.2 Å². The van der Waals surface area contributed by atoms with Crippen molar-refractivity contribution < 1.29 is 13.9 Å². The van der Waals surface area contributed by atoms with Crippen molar-refractivity contribution in [2.24, 2.45) is 0 Å². The van der Waals surface area contributed by atoms with Gasteiger partial charge in [0.1, 0.15) is 5.75 Å². The molecule has 0 N–H and O–H groups in total. The van der Waals surface area contributed by atoms with E-state index in [9.17, 15) is 4.79 Å². The maximum absolute atomic E-state index is 11.9. The van der Waals surface area contributed by atoms with Crippen LogP contribution in [0.25, 0.3) is 11.5 Å². The summed E-state index contributed by atoms with van der Waals surface area (Å²) in [7, 11) is 1.63. The minimum Gasteiger partial charge on any atom is -0.497 e. The Labute approximate surface area is 135 Å². The molecule has 0 radical (unpaired) electrons. The van der Waals surface area contributed by atoms with Crippen LogP contribution in [-0.2, 0) is 4.79 Å². The number of carbonyl (C=O) groups excluding carboxylic acids is 1. The molecule has 0 aliphatic carbocycles. The van der Waals surface area contributed by atoms with Crippen molar-refractivity contribution in [1.29, 1.82) is 0 Å². The lowest BCUT2D eigenvalue weighted by Crippen LogP contribution is -2.38. The highest BCUT2D eigenvalue weighted by molar-refractivity contribution is 5.76. The topological polar surface area (TPSA) is 68.5 Å². The Hall–Kier alpha value is -2.37. The van der Waals surface area contributed by atoms with E-state index in [4.69, 9.17) is 9.15 Å². The summed E-state index contributed by atoms with van der Waals surface area (Å²) in [4.78, 5) is 13.8. The van der Waals surface area contributed by atoms with E-state index in [0.717, 1.165) is 30.7 Å². The molecule has 1 saturated heterocycles. The van der Waals surface area contributed by atoms with Gasteiger partial charge in [0.25, 0.3) is 0 Å². The maximum atomic E-state index is 11.9. The molecule has 6 heteroatoms. The lowest BCUT2D eigenvalue weighted by Gasteiger charge is -2.30. The number of nitrogens with zero attached hydrogens (tertiary/aromatic N) is 3. The number of benzene rings is 1. The van der Waals surface area contributed by atoms with Gasteiger partial charge in [0.05, 0.1) is 13.0 Å². The lowest BCUT2D eigenvalue weighted by atomic mass is 9.98. The van der Waals surface area contributed by atoms with Gasteiger partial charge in [-0.05, 0) is 37.1 Å². The van der Waals surface area contributed by atoms with Crippen LogP contribution in [0.1, 0.15) is 38.0 Å². The van der Waals surface area contributed by atoms with Crippen LogP contribution in [0.15, 0.2) is 28.7 Å². The van der Waals surface area contributed by atoms with Gasteiger partial charge in [0, 0.05) is 25.1 Å². The summed E-state index contributed by atoms with van der Waals surface area (Å²) >= 11 is 0. The summed E-state index contributed by atoms with van der Waals surface area (Å²) < 4.78 is 11.0. The van der Waals surface area contributed by atoms with Gasteiger partial charge >= 0.3 is 0 Å². The third-order valence-electron chi connectivity index (χ3n) is 4.20. The minimum absolute atomic E-state index is 0.124. The third kappa shape index (κ3) is 3.36. The van der Waals surface area contributed by atoms with Crippen molar-refractivity contribution in [3.8, 4) is 17.2 Å². The Kier molecular flexibility index (Phi) is 4.60. The summed E-state index contributed by atoms with van der Waals surface area (Å²) in [6, 6.07) is 7.51. The lowest BCUT2D eigenvalue weighted by molar-refractivity contribution is -0.132. The minimum atomic E-state index is 0.124. The number of methoxy groups -OCH3 is 1. The molecular formula is C17H21N3O3. The molecule has 0 saturated carbocycles. The molecule has 0 unspecified atom stereocenters. The normalized spacial score (nSPS) is 18.0. The van der Waals surface area contributed by atoms with Gasteiger partial charge in [-0.3, -0.25) is 4.79 Å². The zero-order chi connectivity index (χ0) is 16.2. The Balaban J connectivity index is 1.74. The largest absolute Gasteiger partial charge is 0.497 e. The van der Waals surface area contributed by atoms with E-state index >= 15 is 0 Å². The number of carbonyl (C=O) groups is 1. The molecule has 1 aromatic heterocycles. The molecule has 1 aromatic carbocycles. The summed E-state index contributed by atoms with van der Waals surface area (Å²) in [6.45, 7) is 3.37. The van der Waals surface area contributed by atoms with Crippen LogP contribution in [0.2, 0.25) is 0 Å². The van der Waals surface area contributed by atoms with E-state index in [-0.39, 0.29) is 11.8 Å². The number of hydrogen-bond donors (Lipinski definition) is 0. The molecule has 1 aliphatic heterocycles. The van der Waals surface area contributed by atoms with Crippen LogP contribution in [0.5, 0.6) is 5.75 Å². The fourth-order valence-electron chi connectivity index (χ4n) is 2.88. The van der Waals surface area contributed by atoms with Gasteiger partial charge < -0.3 is 14.1 Å². The standard InChI is InChI=1S/C17H21N3O3/c1-3-15(21)20-10-4-5-13(11-20)17-19-18-16(23-17)12-6-8-14(22-2)9-7-12/h6-9,13H,3-5,10-11H2,1-2H3/t13-/m1/s1. The van der Waals surface area contributed by atoms with Gasteiger partial charge in [-0.2, -0.15) is 0 Å². The Morgan fingerprint density at radius 1 is 1.35 bits per heavy atom. The Morgan fingerprint density at radius 3 is 2.83 bits per heavy atom. The number of ether oxygens (including phenoxy) is 1. The van der Waals surface area contributed by atoms with Gasteiger partial charge in [-0.15, -0.1) is 10.2 Å². The van der Waals surface area contributed by atoms with Crippen LogP contribution in [0.3, 0.4) is 0 Å². The molecule has 1 fully saturated rings. The highest BCUT2D eigenvalue weighted by Crippen LogP contribution is 2.29. The van der Waals surface area contributed by atoms with E-state index in [1.807, 2.05) is 36.1 Å². The fraction of sp³-hybridized carbons (Fsp3) is 0.471. The molecule has 23 heavy (non-hydrogen) atoms. The van der Waals surface area contributed by atoms with Gasteiger partial charge in [0.2, 0.25) is 17.7 Å². The predicted octanol–water partition coefficient (Wildman–Crippen LogP) is 2.86. The van der Waals surface area contributed by atoms with E-state index < -0.39 is 0 Å². The molecule has 3 rings (SSSR count). The molecule has 0 bridgehead atoms. The average Bonchev–Trinajstić information content (AvgIpc) is 3.11. The summed E-state index contributed by atoms with van der Waals surface area (Å²) in [5, 5.41) is 8.34. The Bertz CT molecular complexity index is 666. The molecule has 0 spiro atoms. The van der Waals surface area contributed by atoms with Crippen molar-refractivity contribution in [1.82, 2.24) is 15.1 Å². The number of aromatic nitrogens is 2. The molecule has 1 atom stereocenters. The summed E-state index contributed by atoms with van der Waals surface area (Å²) in [5.74, 6) is 2.21. The SMILES string of the molecule is CCC(=O)N1CCC[C@@H](c2nnc(-c3ccc(OC)cc3)o2)C1. The highest BCUT2D eigenvalue weighted by atomic mass is 16.5. The molecule has 2 aromatic rings. The van der Waals surface area contributed by atoms with Crippen LogP contribution in [0, 0.1) is 0 Å². The molecule has 1 aliphatic rings. The molecule has 1 amide bonds. The first-order chi connectivity index (χ1) is 11.2. The van der Waals surface area contributed by atoms with Crippen LogP contribution in [0.4, 0.5) is 0 Å². The fourth-order valence-corrected chi connectivity index (χ4v) is 2.88. The highest BCUT2D eigenvalue weighted by Gasteiger charge is 2.27. The van der Waals surface area contributed by atoms with Crippen LogP contribution >= 0.6 is 0 Å². The van der Waals surface area contributed by atoms with Crippen molar-refractivity contribution >= 4 is 5.91 Å².